The Morgan fingerprint density at radius 2 is 1.72 bits per heavy atom. The van der Waals surface area contributed by atoms with Crippen molar-refractivity contribution >= 4 is 33.2 Å². The van der Waals surface area contributed by atoms with Gasteiger partial charge >= 0.3 is 0 Å². The van der Waals surface area contributed by atoms with Gasteiger partial charge in [-0.2, -0.15) is 0 Å². The van der Waals surface area contributed by atoms with Crippen molar-refractivity contribution in [2.24, 2.45) is 0 Å². The molecule has 0 saturated carbocycles. The highest BCUT2D eigenvalue weighted by atomic mass is 35.5. The first-order chi connectivity index (χ1) is 15.1. The Bertz CT molecular complexity index is 1170. The van der Waals surface area contributed by atoms with E-state index in [1.54, 1.807) is 43.3 Å². The van der Waals surface area contributed by atoms with Crippen molar-refractivity contribution in [1.82, 2.24) is 10.5 Å². The zero-order valence-electron chi connectivity index (χ0n) is 18.4. The van der Waals surface area contributed by atoms with Crippen LogP contribution in [0.3, 0.4) is 0 Å². The lowest BCUT2D eigenvalue weighted by Crippen LogP contribution is -2.41. The fourth-order valence-corrected chi connectivity index (χ4v) is 5.13. The van der Waals surface area contributed by atoms with Crippen LogP contribution >= 0.6 is 11.6 Å². The van der Waals surface area contributed by atoms with Gasteiger partial charge in [-0.05, 0) is 55.2 Å². The van der Waals surface area contributed by atoms with Gasteiger partial charge in [-0.3, -0.25) is 9.10 Å². The van der Waals surface area contributed by atoms with E-state index in [1.807, 2.05) is 12.1 Å². The summed E-state index contributed by atoms with van der Waals surface area (Å²) >= 11 is 5.89. The van der Waals surface area contributed by atoms with E-state index < -0.39 is 15.9 Å². The molecule has 0 aliphatic carbocycles. The Labute approximate surface area is 193 Å². The predicted molar refractivity (Wildman–Crippen MR) is 124 cm³/mol. The van der Waals surface area contributed by atoms with Crippen molar-refractivity contribution < 1.29 is 17.7 Å². The second-order valence-electron chi connectivity index (χ2n) is 7.81. The third kappa shape index (κ3) is 5.31. The van der Waals surface area contributed by atoms with E-state index in [1.165, 1.54) is 6.92 Å². The summed E-state index contributed by atoms with van der Waals surface area (Å²) in [5, 5.41) is 7.13. The molecule has 9 heteroatoms. The molecule has 7 nitrogen and oxygen atoms in total. The van der Waals surface area contributed by atoms with E-state index in [0.29, 0.717) is 16.6 Å². The maximum atomic E-state index is 13.5. The number of hydrogen-bond acceptors (Lipinski definition) is 5. The SMILES string of the molecule is Cc1noc(C)c1S(=O)(=O)N(CC(=O)NCc1ccc(Cl)cc1)c1ccc(C(C)C)cc1. The normalized spacial score (nSPS) is 11.6. The number of rotatable bonds is 8. The van der Waals surface area contributed by atoms with Gasteiger partial charge in [0, 0.05) is 11.6 Å². The number of sulfonamides is 1. The van der Waals surface area contributed by atoms with E-state index in [9.17, 15) is 13.2 Å². The van der Waals surface area contributed by atoms with Crippen molar-refractivity contribution in [3.63, 3.8) is 0 Å². The summed E-state index contributed by atoms with van der Waals surface area (Å²) in [6.45, 7) is 7.06. The number of halogens is 1. The zero-order valence-corrected chi connectivity index (χ0v) is 20.0. The van der Waals surface area contributed by atoms with Crippen molar-refractivity contribution in [2.45, 2.75) is 45.1 Å². The van der Waals surface area contributed by atoms with E-state index in [-0.39, 0.29) is 29.4 Å². The number of amides is 1. The summed E-state index contributed by atoms with van der Waals surface area (Å²) in [5.41, 5.74) is 2.55. The molecular weight excluding hydrogens is 450 g/mol. The van der Waals surface area contributed by atoms with Crippen LogP contribution in [0.5, 0.6) is 0 Å². The number of aryl methyl sites for hydroxylation is 2. The highest BCUT2D eigenvalue weighted by Crippen LogP contribution is 2.29. The van der Waals surface area contributed by atoms with Gasteiger partial charge in [0.1, 0.15) is 12.2 Å². The molecular formula is C23H26ClN3O4S. The van der Waals surface area contributed by atoms with Crippen LogP contribution in [0.2, 0.25) is 5.02 Å². The lowest BCUT2D eigenvalue weighted by Gasteiger charge is -2.24. The standard InChI is InChI=1S/C23H26ClN3O4S/c1-15(2)19-7-11-21(12-8-19)27(32(29,30)23-16(3)26-31-17(23)4)14-22(28)25-13-18-5-9-20(24)10-6-18/h5-12,15H,13-14H2,1-4H3,(H,25,28). The van der Waals surface area contributed by atoms with E-state index >= 15 is 0 Å². The minimum absolute atomic E-state index is 0.0315. The van der Waals surface area contributed by atoms with Crippen molar-refractivity contribution in [3.8, 4) is 0 Å². The Hall–Kier alpha value is -2.84. The van der Waals surface area contributed by atoms with Crippen LogP contribution in [0.25, 0.3) is 0 Å². The molecule has 1 aromatic heterocycles. The van der Waals surface area contributed by atoms with Gasteiger partial charge in [0.15, 0.2) is 10.7 Å². The van der Waals surface area contributed by atoms with Gasteiger partial charge in [-0.1, -0.05) is 54.9 Å². The Balaban J connectivity index is 1.89. The van der Waals surface area contributed by atoms with Crippen LogP contribution in [-0.2, 0) is 21.4 Å². The number of nitrogens with zero attached hydrogens (tertiary/aromatic N) is 2. The quantitative estimate of drug-likeness (QED) is 0.514. The fourth-order valence-electron chi connectivity index (χ4n) is 3.28. The van der Waals surface area contributed by atoms with Crippen LogP contribution in [0.1, 0.15) is 42.3 Å². The first-order valence-corrected chi connectivity index (χ1v) is 12.0. The first kappa shape index (κ1) is 23.8. The molecule has 0 radical (unpaired) electrons. The number of nitrogens with one attached hydrogen (secondary N) is 1. The second-order valence-corrected chi connectivity index (χ2v) is 10.0. The lowest BCUT2D eigenvalue weighted by molar-refractivity contribution is -0.119. The molecule has 0 atom stereocenters. The molecule has 0 saturated heterocycles. The van der Waals surface area contributed by atoms with Crippen LogP contribution in [0.15, 0.2) is 57.9 Å². The minimum atomic E-state index is -4.09. The third-order valence-corrected chi connectivity index (χ3v) is 7.32. The zero-order chi connectivity index (χ0) is 23.5. The molecule has 0 aliphatic heterocycles. The molecule has 170 valence electrons. The summed E-state index contributed by atoms with van der Waals surface area (Å²) in [5.74, 6) is 0.0236. The monoisotopic (exact) mass is 475 g/mol. The molecule has 1 heterocycles. The predicted octanol–water partition coefficient (Wildman–Crippen LogP) is 4.58. The Kier molecular flexibility index (Phi) is 7.26. The number of carbonyl (C=O) groups excluding carboxylic acids is 1. The molecule has 3 rings (SSSR count). The molecule has 3 aromatic rings. The maximum absolute atomic E-state index is 13.5. The minimum Gasteiger partial charge on any atom is -0.360 e. The second kappa shape index (κ2) is 9.75. The van der Waals surface area contributed by atoms with E-state index in [0.717, 1.165) is 15.4 Å². The van der Waals surface area contributed by atoms with Crippen molar-refractivity contribution in [1.29, 1.82) is 0 Å². The summed E-state index contributed by atoms with van der Waals surface area (Å²) in [6.07, 6.45) is 0. The molecule has 1 N–H and O–H groups in total. The fraction of sp³-hybridized carbons (Fsp3) is 0.304. The summed E-state index contributed by atoms with van der Waals surface area (Å²) in [4.78, 5) is 12.7. The maximum Gasteiger partial charge on any atom is 0.270 e. The summed E-state index contributed by atoms with van der Waals surface area (Å²) < 4.78 is 33.2. The van der Waals surface area contributed by atoms with Gasteiger partial charge in [0.25, 0.3) is 10.0 Å². The van der Waals surface area contributed by atoms with Gasteiger partial charge in [-0.15, -0.1) is 0 Å². The number of carbonyl (C=O) groups is 1. The van der Waals surface area contributed by atoms with Gasteiger partial charge < -0.3 is 9.84 Å². The third-order valence-electron chi connectivity index (χ3n) is 5.05. The number of aromatic nitrogens is 1. The van der Waals surface area contributed by atoms with Crippen molar-refractivity contribution in [2.75, 3.05) is 10.8 Å². The highest BCUT2D eigenvalue weighted by molar-refractivity contribution is 7.93. The van der Waals surface area contributed by atoms with Gasteiger partial charge in [0.2, 0.25) is 5.91 Å². The molecule has 1 amide bonds. The van der Waals surface area contributed by atoms with E-state index in [4.69, 9.17) is 16.1 Å². The summed E-state index contributed by atoms with van der Waals surface area (Å²) in [7, 11) is -4.09. The van der Waals surface area contributed by atoms with Crippen molar-refractivity contribution in [3.05, 3.63) is 76.1 Å². The van der Waals surface area contributed by atoms with Gasteiger partial charge in [-0.25, -0.2) is 8.42 Å². The van der Waals surface area contributed by atoms with E-state index in [2.05, 4.69) is 24.3 Å². The number of anilines is 1. The Morgan fingerprint density at radius 1 is 1.09 bits per heavy atom. The average Bonchev–Trinajstić information content (AvgIpc) is 3.10. The molecule has 2 aromatic carbocycles. The summed E-state index contributed by atoms with van der Waals surface area (Å²) in [6, 6.07) is 14.2. The van der Waals surface area contributed by atoms with Gasteiger partial charge in [0.05, 0.1) is 5.69 Å². The average molecular weight is 476 g/mol. The highest BCUT2D eigenvalue weighted by Gasteiger charge is 2.32. The molecule has 0 unspecified atom stereocenters. The molecule has 0 spiro atoms. The molecule has 32 heavy (non-hydrogen) atoms. The molecule has 0 fully saturated rings. The van der Waals surface area contributed by atoms with Crippen LogP contribution in [0.4, 0.5) is 5.69 Å². The largest absolute Gasteiger partial charge is 0.360 e. The smallest absolute Gasteiger partial charge is 0.270 e. The topological polar surface area (TPSA) is 92.5 Å². The van der Waals surface area contributed by atoms with Crippen LogP contribution in [0, 0.1) is 13.8 Å². The molecule has 0 aliphatic rings. The number of benzene rings is 2. The molecule has 0 bridgehead atoms. The lowest BCUT2D eigenvalue weighted by atomic mass is 10.0. The Morgan fingerprint density at radius 3 is 2.25 bits per heavy atom. The number of hydrogen-bond donors (Lipinski definition) is 1. The first-order valence-electron chi connectivity index (χ1n) is 10.2. The van der Waals surface area contributed by atoms with Crippen LogP contribution in [-0.4, -0.2) is 26.0 Å². The van der Waals surface area contributed by atoms with Crippen LogP contribution < -0.4 is 9.62 Å².